The summed E-state index contributed by atoms with van der Waals surface area (Å²) in [6.07, 6.45) is 6.08. The van der Waals surface area contributed by atoms with Crippen molar-refractivity contribution in [2.45, 2.75) is 38.2 Å². The second kappa shape index (κ2) is 5.10. The van der Waals surface area contributed by atoms with Crippen molar-refractivity contribution in [1.29, 1.82) is 0 Å². The molecular weight excluding hydrogens is 207 g/mol. The fourth-order valence-electron chi connectivity index (χ4n) is 2.07. The van der Waals surface area contributed by atoms with Crippen LogP contribution in [0.4, 0.5) is 4.39 Å². The first-order valence-electron chi connectivity index (χ1n) is 5.71. The number of aldehydes is 1. The van der Waals surface area contributed by atoms with E-state index in [4.69, 9.17) is 4.74 Å². The monoisotopic (exact) mass is 222 g/mol. The van der Waals surface area contributed by atoms with Gasteiger partial charge in [-0.05, 0) is 37.8 Å². The molecule has 0 aromatic heterocycles. The summed E-state index contributed by atoms with van der Waals surface area (Å²) in [4.78, 5) is 10.6. The molecule has 86 valence electrons. The van der Waals surface area contributed by atoms with E-state index in [0.29, 0.717) is 6.29 Å². The molecule has 16 heavy (non-hydrogen) atoms. The summed E-state index contributed by atoms with van der Waals surface area (Å²) >= 11 is 0. The highest BCUT2D eigenvalue weighted by Crippen LogP contribution is 2.26. The van der Waals surface area contributed by atoms with E-state index in [1.54, 1.807) is 12.1 Å². The highest BCUT2D eigenvalue weighted by molar-refractivity contribution is 5.76. The van der Waals surface area contributed by atoms with E-state index in [2.05, 4.69) is 0 Å². The van der Waals surface area contributed by atoms with Crippen LogP contribution in [0.2, 0.25) is 0 Å². The number of rotatable bonds is 3. The molecule has 0 aliphatic heterocycles. The van der Waals surface area contributed by atoms with E-state index in [1.807, 2.05) is 0 Å². The third kappa shape index (κ3) is 2.40. The highest BCUT2D eigenvalue weighted by Gasteiger charge is 2.17. The Morgan fingerprint density at radius 3 is 2.69 bits per heavy atom. The van der Waals surface area contributed by atoms with E-state index in [9.17, 15) is 9.18 Å². The second-order valence-corrected chi connectivity index (χ2v) is 4.16. The van der Waals surface area contributed by atoms with Gasteiger partial charge in [0.25, 0.3) is 0 Å². The molecule has 1 saturated carbocycles. The van der Waals surface area contributed by atoms with Gasteiger partial charge >= 0.3 is 0 Å². The lowest BCUT2D eigenvalue weighted by molar-refractivity contribution is 0.111. The Bertz CT molecular complexity index is 370. The zero-order valence-corrected chi connectivity index (χ0v) is 9.12. The molecule has 1 aromatic rings. The zero-order chi connectivity index (χ0) is 11.4. The molecule has 0 atom stereocenters. The van der Waals surface area contributed by atoms with Crippen molar-refractivity contribution in [2.24, 2.45) is 0 Å². The predicted octanol–water partition coefficient (Wildman–Crippen LogP) is 3.35. The third-order valence-electron chi connectivity index (χ3n) is 2.97. The Kier molecular flexibility index (Phi) is 3.54. The lowest BCUT2D eigenvalue weighted by Gasteiger charge is -2.23. The van der Waals surface area contributed by atoms with Crippen LogP contribution in [0.15, 0.2) is 18.2 Å². The highest BCUT2D eigenvalue weighted by atomic mass is 19.1. The summed E-state index contributed by atoms with van der Waals surface area (Å²) in [5, 5.41) is 0. The number of benzene rings is 1. The molecule has 1 aromatic carbocycles. The summed E-state index contributed by atoms with van der Waals surface area (Å²) < 4.78 is 19.3. The Labute approximate surface area is 94.4 Å². The van der Waals surface area contributed by atoms with Crippen LogP contribution in [0.1, 0.15) is 42.5 Å². The Morgan fingerprint density at radius 1 is 1.25 bits per heavy atom. The standard InChI is InChI=1S/C13H15FO2/c14-13-10(9-15)5-4-8-12(13)16-11-6-2-1-3-7-11/h4-5,8-9,11H,1-3,6-7H2. The molecule has 2 rings (SSSR count). The number of hydrogen-bond acceptors (Lipinski definition) is 2. The molecule has 2 nitrogen and oxygen atoms in total. The van der Waals surface area contributed by atoms with Gasteiger partial charge in [-0.1, -0.05) is 12.5 Å². The number of halogens is 1. The minimum absolute atomic E-state index is 0.0632. The lowest BCUT2D eigenvalue weighted by Crippen LogP contribution is -2.20. The smallest absolute Gasteiger partial charge is 0.175 e. The van der Waals surface area contributed by atoms with E-state index in [1.165, 1.54) is 12.5 Å². The van der Waals surface area contributed by atoms with Crippen molar-refractivity contribution in [1.82, 2.24) is 0 Å². The van der Waals surface area contributed by atoms with E-state index in [0.717, 1.165) is 25.7 Å². The number of hydrogen-bond donors (Lipinski definition) is 0. The van der Waals surface area contributed by atoms with E-state index >= 15 is 0 Å². The minimum Gasteiger partial charge on any atom is -0.487 e. The summed E-state index contributed by atoms with van der Waals surface area (Å²) in [7, 11) is 0. The predicted molar refractivity (Wildman–Crippen MR) is 59.3 cm³/mol. The Hall–Kier alpha value is -1.38. The molecule has 3 heteroatoms. The molecule has 0 unspecified atom stereocenters. The zero-order valence-electron chi connectivity index (χ0n) is 9.12. The molecule has 0 saturated heterocycles. The van der Waals surface area contributed by atoms with Gasteiger partial charge in [0, 0.05) is 0 Å². The average Bonchev–Trinajstić information content (AvgIpc) is 2.33. The topological polar surface area (TPSA) is 26.3 Å². The van der Waals surface area contributed by atoms with Crippen molar-refractivity contribution in [3.8, 4) is 5.75 Å². The Morgan fingerprint density at radius 2 is 2.00 bits per heavy atom. The van der Waals surface area contributed by atoms with Crippen molar-refractivity contribution in [3.05, 3.63) is 29.6 Å². The van der Waals surface area contributed by atoms with Crippen LogP contribution in [0, 0.1) is 5.82 Å². The summed E-state index contributed by atoms with van der Waals surface area (Å²) in [6.45, 7) is 0. The molecule has 1 aliphatic carbocycles. The van der Waals surface area contributed by atoms with Crippen LogP contribution in [0.25, 0.3) is 0 Å². The maximum atomic E-state index is 13.7. The maximum Gasteiger partial charge on any atom is 0.175 e. The quantitative estimate of drug-likeness (QED) is 0.733. The molecule has 0 heterocycles. The van der Waals surface area contributed by atoms with Crippen molar-refractivity contribution in [3.63, 3.8) is 0 Å². The first-order chi connectivity index (χ1) is 7.81. The van der Waals surface area contributed by atoms with Crippen LogP contribution in [0.3, 0.4) is 0 Å². The molecule has 0 bridgehead atoms. The van der Waals surface area contributed by atoms with Crippen LogP contribution in [0.5, 0.6) is 5.75 Å². The van der Waals surface area contributed by atoms with Crippen LogP contribution >= 0.6 is 0 Å². The van der Waals surface area contributed by atoms with Gasteiger partial charge in [0.2, 0.25) is 0 Å². The van der Waals surface area contributed by atoms with Gasteiger partial charge in [-0.25, -0.2) is 4.39 Å². The van der Waals surface area contributed by atoms with Gasteiger partial charge in [0.15, 0.2) is 17.9 Å². The summed E-state index contributed by atoms with van der Waals surface area (Å²) in [6, 6.07) is 4.68. The maximum absolute atomic E-state index is 13.7. The third-order valence-corrected chi connectivity index (χ3v) is 2.97. The van der Waals surface area contributed by atoms with E-state index in [-0.39, 0.29) is 17.4 Å². The van der Waals surface area contributed by atoms with Gasteiger partial charge in [-0.15, -0.1) is 0 Å². The van der Waals surface area contributed by atoms with Crippen molar-refractivity contribution >= 4 is 6.29 Å². The Balaban J connectivity index is 2.11. The van der Waals surface area contributed by atoms with Crippen molar-refractivity contribution in [2.75, 3.05) is 0 Å². The molecular formula is C13H15FO2. The second-order valence-electron chi connectivity index (χ2n) is 4.16. The minimum atomic E-state index is -0.539. The SMILES string of the molecule is O=Cc1cccc(OC2CCCCC2)c1F. The number of ether oxygens (including phenoxy) is 1. The van der Waals surface area contributed by atoms with Gasteiger partial charge in [-0.3, -0.25) is 4.79 Å². The number of carbonyl (C=O) groups excluding carboxylic acids is 1. The molecule has 0 spiro atoms. The van der Waals surface area contributed by atoms with Crippen LogP contribution in [-0.2, 0) is 0 Å². The molecule has 0 amide bonds. The van der Waals surface area contributed by atoms with Crippen molar-refractivity contribution < 1.29 is 13.9 Å². The fourth-order valence-corrected chi connectivity index (χ4v) is 2.07. The van der Waals surface area contributed by atoms with Crippen LogP contribution < -0.4 is 4.74 Å². The largest absolute Gasteiger partial charge is 0.487 e. The summed E-state index contributed by atoms with van der Waals surface area (Å²) in [5.41, 5.74) is 0.0632. The molecule has 0 N–H and O–H groups in total. The van der Waals surface area contributed by atoms with Gasteiger partial charge in [-0.2, -0.15) is 0 Å². The first-order valence-corrected chi connectivity index (χ1v) is 5.71. The molecule has 0 radical (unpaired) electrons. The van der Waals surface area contributed by atoms with Gasteiger partial charge in [0.1, 0.15) is 0 Å². The van der Waals surface area contributed by atoms with Gasteiger partial charge < -0.3 is 4.74 Å². The molecule has 1 aliphatic rings. The number of carbonyl (C=O) groups is 1. The normalized spacial score (nSPS) is 17.1. The van der Waals surface area contributed by atoms with Crippen LogP contribution in [-0.4, -0.2) is 12.4 Å². The molecule has 1 fully saturated rings. The van der Waals surface area contributed by atoms with Gasteiger partial charge in [0.05, 0.1) is 11.7 Å². The summed E-state index contributed by atoms with van der Waals surface area (Å²) in [5.74, 6) is -0.334. The van der Waals surface area contributed by atoms with E-state index < -0.39 is 5.82 Å². The average molecular weight is 222 g/mol. The lowest BCUT2D eigenvalue weighted by atomic mass is 9.98. The first kappa shape index (κ1) is 11.1. The fraction of sp³-hybridized carbons (Fsp3) is 0.462.